The number of nitrogens with one attached hydrogen (secondary N) is 1. The Morgan fingerprint density at radius 1 is 1.47 bits per heavy atom. The van der Waals surface area contributed by atoms with Crippen LogP contribution in [0.15, 0.2) is 12.1 Å². The van der Waals surface area contributed by atoms with Crippen LogP contribution in [0.2, 0.25) is 5.15 Å². The van der Waals surface area contributed by atoms with Gasteiger partial charge in [0.15, 0.2) is 0 Å². The fourth-order valence-corrected chi connectivity index (χ4v) is 1.50. The van der Waals surface area contributed by atoms with Gasteiger partial charge < -0.3 is 10.4 Å². The minimum Gasteiger partial charge on any atom is -0.392 e. The van der Waals surface area contributed by atoms with Crippen molar-refractivity contribution in [2.24, 2.45) is 0 Å². The monoisotopic (exact) mass is 256 g/mol. The molecule has 2 N–H and O–H groups in total. The molecule has 0 fully saturated rings. The van der Waals surface area contributed by atoms with Crippen molar-refractivity contribution in [3.05, 3.63) is 28.5 Å². The normalized spacial score (nSPS) is 12.6. The van der Waals surface area contributed by atoms with E-state index in [2.05, 4.69) is 10.3 Å². The molecule has 5 heteroatoms. The summed E-state index contributed by atoms with van der Waals surface area (Å²) in [4.78, 5) is 15.9. The minimum absolute atomic E-state index is 0.206. The highest BCUT2D eigenvalue weighted by atomic mass is 35.5. The first-order valence-corrected chi connectivity index (χ1v) is 5.91. The van der Waals surface area contributed by atoms with Crippen LogP contribution in [0, 0.1) is 0 Å². The molecule has 1 aromatic heterocycles. The van der Waals surface area contributed by atoms with Crippen molar-refractivity contribution < 1.29 is 9.90 Å². The first-order chi connectivity index (χ1) is 7.90. The summed E-state index contributed by atoms with van der Waals surface area (Å²) in [7, 11) is 0. The van der Waals surface area contributed by atoms with Crippen LogP contribution >= 0.6 is 11.6 Å². The lowest BCUT2D eigenvalue weighted by Gasteiger charge is -2.10. The Labute approximate surface area is 106 Å². The molecule has 17 heavy (non-hydrogen) atoms. The Kier molecular flexibility index (Phi) is 4.90. The van der Waals surface area contributed by atoms with Crippen LogP contribution in [-0.2, 0) is 0 Å². The number of halogens is 1. The van der Waals surface area contributed by atoms with Gasteiger partial charge in [-0.15, -0.1) is 0 Å². The standard InChI is InChI=1S/C12H17ClN2O2/c1-7(2)10-4-9(5-11(13)15-10)12(17)14-6-8(3)16/h4-5,7-8,16H,6H2,1-3H3,(H,14,17)/t8-/m0/s1. The van der Waals surface area contributed by atoms with Gasteiger partial charge in [-0.25, -0.2) is 4.98 Å². The molecule has 0 aliphatic carbocycles. The molecule has 1 heterocycles. The van der Waals surface area contributed by atoms with Gasteiger partial charge in [0.2, 0.25) is 0 Å². The van der Waals surface area contributed by atoms with E-state index in [1.54, 1.807) is 13.0 Å². The molecule has 0 bridgehead atoms. The van der Waals surface area contributed by atoms with Crippen molar-refractivity contribution >= 4 is 17.5 Å². The van der Waals surface area contributed by atoms with Gasteiger partial charge in [-0.1, -0.05) is 25.4 Å². The molecule has 1 amide bonds. The second kappa shape index (κ2) is 5.98. The Hall–Kier alpha value is -1.13. The average Bonchev–Trinajstić information content (AvgIpc) is 2.24. The van der Waals surface area contributed by atoms with Crippen molar-refractivity contribution in [3.8, 4) is 0 Å². The topological polar surface area (TPSA) is 62.2 Å². The van der Waals surface area contributed by atoms with Crippen LogP contribution < -0.4 is 5.32 Å². The van der Waals surface area contributed by atoms with Gasteiger partial charge in [0.05, 0.1) is 6.10 Å². The van der Waals surface area contributed by atoms with Crippen molar-refractivity contribution in [2.45, 2.75) is 32.8 Å². The van der Waals surface area contributed by atoms with Crippen LogP contribution in [0.5, 0.6) is 0 Å². The maximum Gasteiger partial charge on any atom is 0.251 e. The average molecular weight is 257 g/mol. The van der Waals surface area contributed by atoms with E-state index in [0.717, 1.165) is 5.69 Å². The van der Waals surface area contributed by atoms with E-state index >= 15 is 0 Å². The number of aromatic nitrogens is 1. The molecule has 1 aromatic rings. The highest BCUT2D eigenvalue weighted by Crippen LogP contribution is 2.17. The molecule has 0 aliphatic heterocycles. The van der Waals surface area contributed by atoms with E-state index < -0.39 is 6.10 Å². The molecule has 4 nitrogen and oxygen atoms in total. The highest BCUT2D eigenvalue weighted by molar-refractivity contribution is 6.29. The number of aliphatic hydroxyl groups is 1. The number of amides is 1. The Morgan fingerprint density at radius 2 is 2.12 bits per heavy atom. The van der Waals surface area contributed by atoms with Crippen LogP contribution in [0.4, 0.5) is 0 Å². The third-order valence-corrected chi connectivity index (χ3v) is 2.42. The number of hydrogen-bond acceptors (Lipinski definition) is 3. The maximum atomic E-state index is 11.8. The van der Waals surface area contributed by atoms with Gasteiger partial charge in [-0.2, -0.15) is 0 Å². The molecule has 1 atom stereocenters. The molecule has 94 valence electrons. The fraction of sp³-hybridized carbons (Fsp3) is 0.500. The number of carbonyl (C=O) groups excluding carboxylic acids is 1. The number of aliphatic hydroxyl groups excluding tert-OH is 1. The van der Waals surface area contributed by atoms with Gasteiger partial charge in [-0.3, -0.25) is 4.79 Å². The number of pyridine rings is 1. The molecular weight excluding hydrogens is 240 g/mol. The summed E-state index contributed by atoms with van der Waals surface area (Å²) in [5.41, 5.74) is 1.24. The lowest BCUT2D eigenvalue weighted by Crippen LogP contribution is -2.30. The molecule has 0 aromatic carbocycles. The van der Waals surface area contributed by atoms with E-state index in [0.29, 0.717) is 10.7 Å². The second-order valence-corrected chi connectivity index (χ2v) is 4.70. The molecule has 1 rings (SSSR count). The summed E-state index contributed by atoms with van der Waals surface area (Å²) < 4.78 is 0. The summed E-state index contributed by atoms with van der Waals surface area (Å²) >= 11 is 5.86. The summed E-state index contributed by atoms with van der Waals surface area (Å²) in [6.07, 6.45) is -0.569. The first-order valence-electron chi connectivity index (χ1n) is 5.54. The largest absolute Gasteiger partial charge is 0.392 e. The first kappa shape index (κ1) is 13.9. The molecule has 0 saturated heterocycles. The van der Waals surface area contributed by atoms with E-state index in [1.807, 2.05) is 13.8 Å². The summed E-state index contributed by atoms with van der Waals surface area (Å²) in [5, 5.41) is 12.0. The Bertz CT molecular complexity index is 405. The molecule has 0 spiro atoms. The molecule has 0 unspecified atom stereocenters. The smallest absolute Gasteiger partial charge is 0.251 e. The summed E-state index contributed by atoms with van der Waals surface area (Å²) in [5.74, 6) is -0.0471. The van der Waals surface area contributed by atoms with Crippen molar-refractivity contribution in [2.75, 3.05) is 6.54 Å². The second-order valence-electron chi connectivity index (χ2n) is 4.32. The summed E-state index contributed by atoms with van der Waals surface area (Å²) in [6, 6.07) is 3.23. The third kappa shape index (κ3) is 4.32. The lowest BCUT2D eigenvalue weighted by atomic mass is 10.1. The van der Waals surface area contributed by atoms with E-state index in [9.17, 15) is 4.79 Å². The van der Waals surface area contributed by atoms with Gasteiger partial charge in [0.25, 0.3) is 5.91 Å². The number of rotatable bonds is 4. The quantitative estimate of drug-likeness (QED) is 0.810. The van der Waals surface area contributed by atoms with Gasteiger partial charge in [0.1, 0.15) is 5.15 Å². The fourth-order valence-electron chi connectivity index (χ4n) is 1.29. The maximum absolute atomic E-state index is 11.8. The van der Waals surface area contributed by atoms with E-state index in [1.165, 1.54) is 6.07 Å². The van der Waals surface area contributed by atoms with Crippen molar-refractivity contribution in [3.63, 3.8) is 0 Å². The number of carbonyl (C=O) groups is 1. The SMILES string of the molecule is CC(C)c1cc(C(=O)NC[C@H](C)O)cc(Cl)n1. The highest BCUT2D eigenvalue weighted by Gasteiger charge is 2.11. The predicted octanol–water partition coefficient (Wildman–Crippen LogP) is 1.97. The number of nitrogens with zero attached hydrogens (tertiary/aromatic N) is 1. The molecule has 0 radical (unpaired) electrons. The van der Waals surface area contributed by atoms with Gasteiger partial charge in [-0.05, 0) is 25.0 Å². The Balaban J connectivity index is 2.86. The van der Waals surface area contributed by atoms with Crippen LogP contribution in [0.25, 0.3) is 0 Å². The summed E-state index contributed by atoms with van der Waals surface area (Å²) in [6.45, 7) is 5.79. The predicted molar refractivity (Wildman–Crippen MR) is 67.4 cm³/mol. The van der Waals surface area contributed by atoms with Crippen molar-refractivity contribution in [1.82, 2.24) is 10.3 Å². The van der Waals surface area contributed by atoms with Gasteiger partial charge in [0, 0.05) is 17.8 Å². The zero-order valence-electron chi connectivity index (χ0n) is 10.2. The van der Waals surface area contributed by atoms with Crippen LogP contribution in [0.1, 0.15) is 42.7 Å². The zero-order valence-corrected chi connectivity index (χ0v) is 11.0. The molecule has 0 aliphatic rings. The van der Waals surface area contributed by atoms with Crippen LogP contribution in [-0.4, -0.2) is 28.6 Å². The Morgan fingerprint density at radius 3 is 2.65 bits per heavy atom. The van der Waals surface area contributed by atoms with E-state index in [4.69, 9.17) is 16.7 Å². The minimum atomic E-state index is -0.569. The third-order valence-electron chi connectivity index (χ3n) is 2.23. The van der Waals surface area contributed by atoms with E-state index in [-0.39, 0.29) is 18.4 Å². The molecular formula is C12H17ClN2O2. The number of hydrogen-bond donors (Lipinski definition) is 2. The molecule has 0 saturated carbocycles. The lowest BCUT2D eigenvalue weighted by molar-refractivity contribution is 0.0924. The zero-order chi connectivity index (χ0) is 13.0. The van der Waals surface area contributed by atoms with Crippen LogP contribution in [0.3, 0.4) is 0 Å². The van der Waals surface area contributed by atoms with Gasteiger partial charge >= 0.3 is 0 Å². The van der Waals surface area contributed by atoms with Crippen molar-refractivity contribution in [1.29, 1.82) is 0 Å².